The summed E-state index contributed by atoms with van der Waals surface area (Å²) in [7, 11) is 0. The predicted molar refractivity (Wildman–Crippen MR) is 98.4 cm³/mol. The normalized spacial score (nSPS) is 11.0. The van der Waals surface area contributed by atoms with Gasteiger partial charge in [0.25, 0.3) is 5.91 Å². The Hall–Kier alpha value is -3.34. The number of amides is 1. The van der Waals surface area contributed by atoms with E-state index in [0.29, 0.717) is 0 Å². The Morgan fingerprint density at radius 2 is 1.76 bits per heavy atom. The Morgan fingerprint density at radius 3 is 2.48 bits per heavy atom. The van der Waals surface area contributed by atoms with Crippen LogP contribution in [0, 0.1) is 13.8 Å². The van der Waals surface area contributed by atoms with E-state index in [1.165, 1.54) is 6.07 Å². The van der Waals surface area contributed by atoms with Crippen molar-refractivity contribution in [3.05, 3.63) is 83.2 Å². The van der Waals surface area contributed by atoms with Gasteiger partial charge in [-0.15, -0.1) is 0 Å². The van der Waals surface area contributed by atoms with Gasteiger partial charge >= 0.3 is 0 Å². The van der Waals surface area contributed by atoms with E-state index in [2.05, 4.69) is 15.1 Å². The molecule has 0 bridgehead atoms. The molecule has 1 aromatic heterocycles. The first kappa shape index (κ1) is 16.5. The predicted octanol–water partition coefficient (Wildman–Crippen LogP) is 3.56. The Kier molecular flexibility index (Phi) is 4.66. The summed E-state index contributed by atoms with van der Waals surface area (Å²) >= 11 is 0. The fourth-order valence-electron chi connectivity index (χ4n) is 2.78. The number of benzene rings is 2. The maximum Gasteiger partial charge on any atom is 0.275 e. The number of para-hydroxylation sites is 2. The van der Waals surface area contributed by atoms with Gasteiger partial charge in [0.2, 0.25) is 0 Å². The van der Waals surface area contributed by atoms with E-state index in [1.54, 1.807) is 24.4 Å². The summed E-state index contributed by atoms with van der Waals surface area (Å²) in [6, 6.07) is 18.4. The van der Waals surface area contributed by atoms with Crippen LogP contribution in [-0.4, -0.2) is 21.8 Å². The first-order valence-electron chi connectivity index (χ1n) is 7.93. The van der Waals surface area contributed by atoms with Crippen molar-refractivity contribution in [3.63, 3.8) is 0 Å². The van der Waals surface area contributed by atoms with E-state index in [4.69, 9.17) is 0 Å². The first-order valence-corrected chi connectivity index (χ1v) is 7.93. The van der Waals surface area contributed by atoms with E-state index in [-0.39, 0.29) is 11.3 Å². The molecule has 0 atom stereocenters. The number of aromatic nitrogens is 1. The molecule has 5 heteroatoms. The maximum absolute atomic E-state index is 12.0. The average Bonchev–Trinajstić information content (AvgIpc) is 2.89. The molecule has 0 aliphatic carbocycles. The average molecular weight is 333 g/mol. The van der Waals surface area contributed by atoms with Crippen molar-refractivity contribution in [3.8, 4) is 11.4 Å². The van der Waals surface area contributed by atoms with Crippen LogP contribution < -0.4 is 5.43 Å². The highest BCUT2D eigenvalue weighted by Gasteiger charge is 2.10. The number of phenols is 1. The van der Waals surface area contributed by atoms with Crippen LogP contribution in [0.5, 0.6) is 5.75 Å². The molecule has 0 spiro atoms. The second kappa shape index (κ2) is 7.05. The highest BCUT2D eigenvalue weighted by atomic mass is 16.3. The number of nitrogens with zero attached hydrogens (tertiary/aromatic N) is 2. The number of nitrogens with one attached hydrogen (secondary N) is 1. The fraction of sp³-hybridized carbons (Fsp3) is 0.100. The largest absolute Gasteiger partial charge is 0.507 e. The number of carbonyl (C=O) groups excluding carboxylic acids is 1. The van der Waals surface area contributed by atoms with Crippen LogP contribution in [0.25, 0.3) is 5.69 Å². The van der Waals surface area contributed by atoms with E-state index in [1.807, 2.05) is 50.2 Å². The summed E-state index contributed by atoms with van der Waals surface area (Å²) in [6.45, 7) is 4.03. The van der Waals surface area contributed by atoms with Gasteiger partial charge in [0, 0.05) is 22.6 Å². The molecule has 126 valence electrons. The van der Waals surface area contributed by atoms with Gasteiger partial charge in [0.15, 0.2) is 0 Å². The Balaban J connectivity index is 1.79. The standard InChI is InChI=1S/C20H19N3O2/c1-14-12-16(15(2)23(14)17-8-4-3-5-9-17)13-21-22-20(25)18-10-6-7-11-19(18)24/h3-13,24H,1-2H3,(H,22,25)/b21-13-. The zero-order chi connectivity index (χ0) is 17.8. The van der Waals surface area contributed by atoms with Gasteiger partial charge in [-0.2, -0.15) is 5.10 Å². The number of phenolic OH excluding ortho intramolecular Hbond substituents is 1. The molecule has 0 fully saturated rings. The number of hydrazone groups is 1. The SMILES string of the molecule is Cc1cc(/C=N\NC(=O)c2ccccc2O)c(C)n1-c1ccccc1. The topological polar surface area (TPSA) is 66.6 Å². The van der Waals surface area contributed by atoms with Crippen molar-refractivity contribution >= 4 is 12.1 Å². The molecule has 2 aromatic carbocycles. The summed E-state index contributed by atoms with van der Waals surface area (Å²) < 4.78 is 2.13. The first-order chi connectivity index (χ1) is 12.1. The minimum atomic E-state index is -0.453. The molecule has 0 aliphatic heterocycles. The molecule has 1 heterocycles. The summed E-state index contributed by atoms with van der Waals surface area (Å²) in [6.07, 6.45) is 1.61. The van der Waals surface area contributed by atoms with Crippen molar-refractivity contribution in [1.82, 2.24) is 9.99 Å². The van der Waals surface area contributed by atoms with Gasteiger partial charge < -0.3 is 9.67 Å². The van der Waals surface area contributed by atoms with E-state index >= 15 is 0 Å². The van der Waals surface area contributed by atoms with Gasteiger partial charge in [-0.25, -0.2) is 5.43 Å². The van der Waals surface area contributed by atoms with Crippen molar-refractivity contribution < 1.29 is 9.90 Å². The minimum absolute atomic E-state index is 0.0718. The zero-order valence-corrected chi connectivity index (χ0v) is 14.1. The third-order valence-corrected chi connectivity index (χ3v) is 4.00. The number of aryl methyl sites for hydroxylation is 1. The van der Waals surface area contributed by atoms with E-state index < -0.39 is 5.91 Å². The van der Waals surface area contributed by atoms with E-state index in [0.717, 1.165) is 22.6 Å². The molecular formula is C20H19N3O2. The third kappa shape index (κ3) is 3.45. The lowest BCUT2D eigenvalue weighted by atomic mass is 10.2. The Bertz CT molecular complexity index is 927. The number of carbonyl (C=O) groups is 1. The monoisotopic (exact) mass is 333 g/mol. The summed E-state index contributed by atoms with van der Waals surface area (Å²) in [5.74, 6) is -0.524. The molecule has 0 aliphatic rings. The number of hydrogen-bond acceptors (Lipinski definition) is 3. The number of hydrogen-bond donors (Lipinski definition) is 2. The summed E-state index contributed by atoms with van der Waals surface area (Å²) in [5, 5.41) is 13.7. The molecule has 2 N–H and O–H groups in total. The molecule has 5 nitrogen and oxygen atoms in total. The van der Waals surface area contributed by atoms with Crippen molar-refractivity contribution in [1.29, 1.82) is 0 Å². The van der Waals surface area contributed by atoms with Crippen LogP contribution in [0.15, 0.2) is 65.8 Å². The molecule has 0 saturated heterocycles. The molecule has 1 amide bonds. The van der Waals surface area contributed by atoms with Gasteiger partial charge in [-0.1, -0.05) is 30.3 Å². The maximum atomic E-state index is 12.0. The second-order valence-electron chi connectivity index (χ2n) is 5.71. The third-order valence-electron chi connectivity index (χ3n) is 4.00. The lowest BCUT2D eigenvalue weighted by Crippen LogP contribution is -2.17. The lowest BCUT2D eigenvalue weighted by molar-refractivity contribution is 0.0952. The summed E-state index contributed by atoms with van der Waals surface area (Å²) in [4.78, 5) is 12.0. The smallest absolute Gasteiger partial charge is 0.275 e. The lowest BCUT2D eigenvalue weighted by Gasteiger charge is -2.09. The van der Waals surface area contributed by atoms with Crippen LogP contribution in [0.4, 0.5) is 0 Å². The van der Waals surface area contributed by atoms with Gasteiger partial charge in [0.05, 0.1) is 11.8 Å². The molecule has 3 aromatic rings. The highest BCUT2D eigenvalue weighted by Crippen LogP contribution is 2.19. The van der Waals surface area contributed by atoms with Crippen molar-refractivity contribution in [2.24, 2.45) is 5.10 Å². The highest BCUT2D eigenvalue weighted by molar-refractivity contribution is 5.97. The summed E-state index contributed by atoms with van der Waals surface area (Å²) in [5.41, 5.74) is 6.74. The molecule has 0 unspecified atom stereocenters. The zero-order valence-electron chi connectivity index (χ0n) is 14.1. The molecule has 3 rings (SSSR count). The van der Waals surface area contributed by atoms with Gasteiger partial charge in [-0.05, 0) is 44.2 Å². The van der Waals surface area contributed by atoms with Crippen LogP contribution >= 0.6 is 0 Å². The quantitative estimate of drug-likeness (QED) is 0.566. The van der Waals surface area contributed by atoms with Crippen LogP contribution in [-0.2, 0) is 0 Å². The van der Waals surface area contributed by atoms with Crippen molar-refractivity contribution in [2.75, 3.05) is 0 Å². The number of rotatable bonds is 4. The van der Waals surface area contributed by atoms with E-state index in [9.17, 15) is 9.90 Å². The second-order valence-corrected chi connectivity index (χ2v) is 5.71. The fourth-order valence-corrected chi connectivity index (χ4v) is 2.78. The Labute approximate surface area is 146 Å². The van der Waals surface area contributed by atoms with Gasteiger partial charge in [-0.3, -0.25) is 4.79 Å². The van der Waals surface area contributed by atoms with Crippen LogP contribution in [0.1, 0.15) is 27.3 Å². The minimum Gasteiger partial charge on any atom is -0.507 e. The van der Waals surface area contributed by atoms with Crippen LogP contribution in [0.3, 0.4) is 0 Å². The Morgan fingerprint density at radius 1 is 1.08 bits per heavy atom. The molecule has 25 heavy (non-hydrogen) atoms. The van der Waals surface area contributed by atoms with Crippen molar-refractivity contribution in [2.45, 2.75) is 13.8 Å². The number of aromatic hydroxyl groups is 1. The van der Waals surface area contributed by atoms with Gasteiger partial charge in [0.1, 0.15) is 5.75 Å². The molecule has 0 saturated carbocycles. The molecule has 0 radical (unpaired) electrons. The van der Waals surface area contributed by atoms with Crippen LogP contribution in [0.2, 0.25) is 0 Å². The molecular weight excluding hydrogens is 314 g/mol.